The predicted octanol–water partition coefficient (Wildman–Crippen LogP) is 2.50. The molecule has 3 N–H and O–H groups in total. The number of benzene rings is 1. The van der Waals surface area contributed by atoms with Gasteiger partial charge in [0.1, 0.15) is 11.9 Å². The van der Waals surface area contributed by atoms with E-state index in [1.165, 1.54) is 25.3 Å². The van der Waals surface area contributed by atoms with E-state index in [1.807, 2.05) is 0 Å². The smallest absolute Gasteiger partial charge is 0.239 e. The Morgan fingerprint density at radius 1 is 1.56 bits per heavy atom. The Morgan fingerprint density at radius 3 is 2.78 bits per heavy atom. The third-order valence-corrected chi connectivity index (χ3v) is 3.89. The van der Waals surface area contributed by atoms with Gasteiger partial charge in [0.05, 0.1) is 0 Å². The van der Waals surface area contributed by atoms with Crippen molar-refractivity contribution >= 4 is 21.8 Å². The van der Waals surface area contributed by atoms with Crippen molar-refractivity contribution in [2.75, 3.05) is 6.54 Å². The van der Waals surface area contributed by atoms with E-state index in [0.29, 0.717) is 22.5 Å². The van der Waals surface area contributed by atoms with Gasteiger partial charge in [-0.1, -0.05) is 28.4 Å². The molecule has 0 bridgehead atoms. The molecule has 1 amide bonds. The molecule has 18 heavy (non-hydrogen) atoms. The number of amides is 1. The molecular formula is C13H16BrFN2O. The second-order valence-electron chi connectivity index (χ2n) is 4.71. The zero-order chi connectivity index (χ0) is 13.1. The van der Waals surface area contributed by atoms with Crippen LogP contribution in [0.15, 0.2) is 22.7 Å². The monoisotopic (exact) mass is 314 g/mol. The molecule has 1 aromatic rings. The molecule has 5 heteroatoms. The van der Waals surface area contributed by atoms with E-state index in [2.05, 4.69) is 21.2 Å². The summed E-state index contributed by atoms with van der Waals surface area (Å²) < 4.78 is 14.4. The maximum atomic E-state index is 13.8. The number of nitrogens with one attached hydrogen (secondary N) is 1. The van der Waals surface area contributed by atoms with Gasteiger partial charge >= 0.3 is 0 Å². The fourth-order valence-corrected chi connectivity index (χ4v) is 2.41. The van der Waals surface area contributed by atoms with Crippen molar-refractivity contribution in [3.8, 4) is 0 Å². The Kier molecular flexibility index (Phi) is 4.35. The molecule has 0 heterocycles. The highest BCUT2D eigenvalue weighted by molar-refractivity contribution is 9.10. The van der Waals surface area contributed by atoms with Crippen LogP contribution in [0.1, 0.15) is 30.9 Å². The van der Waals surface area contributed by atoms with Gasteiger partial charge in [0.2, 0.25) is 5.91 Å². The van der Waals surface area contributed by atoms with Crippen LogP contribution in [0.2, 0.25) is 0 Å². The lowest BCUT2D eigenvalue weighted by molar-refractivity contribution is -0.120. The average molecular weight is 315 g/mol. The molecule has 3 nitrogen and oxygen atoms in total. The molecule has 0 spiro atoms. The molecule has 0 aliphatic heterocycles. The third-order valence-electron chi connectivity index (χ3n) is 3.39. The summed E-state index contributed by atoms with van der Waals surface area (Å²) in [6, 6.07) is 3.89. The Bertz CT molecular complexity index is 449. The van der Waals surface area contributed by atoms with E-state index in [-0.39, 0.29) is 0 Å². The number of rotatable bonds is 5. The third kappa shape index (κ3) is 3.09. The summed E-state index contributed by atoms with van der Waals surface area (Å²) >= 11 is 3.19. The first kappa shape index (κ1) is 13.5. The number of hydrogen-bond acceptors (Lipinski definition) is 2. The van der Waals surface area contributed by atoms with Crippen molar-refractivity contribution in [1.82, 2.24) is 5.32 Å². The predicted molar refractivity (Wildman–Crippen MR) is 71.4 cm³/mol. The number of nitrogens with two attached hydrogens (primary N) is 1. The van der Waals surface area contributed by atoms with Crippen LogP contribution >= 0.6 is 15.9 Å². The molecule has 0 unspecified atom stereocenters. The summed E-state index contributed by atoms with van der Waals surface area (Å²) in [4.78, 5) is 11.4. The van der Waals surface area contributed by atoms with Crippen LogP contribution < -0.4 is 11.1 Å². The van der Waals surface area contributed by atoms with Crippen molar-refractivity contribution in [2.24, 2.45) is 11.7 Å². The van der Waals surface area contributed by atoms with Gasteiger partial charge in [0.25, 0.3) is 0 Å². The van der Waals surface area contributed by atoms with E-state index in [4.69, 9.17) is 5.73 Å². The fraction of sp³-hybridized carbons (Fsp3) is 0.462. The van der Waals surface area contributed by atoms with E-state index < -0.39 is 17.8 Å². The van der Waals surface area contributed by atoms with Gasteiger partial charge in [-0.2, -0.15) is 0 Å². The molecule has 1 fully saturated rings. The first-order chi connectivity index (χ1) is 8.58. The van der Waals surface area contributed by atoms with Crippen LogP contribution in [0.4, 0.5) is 4.39 Å². The van der Waals surface area contributed by atoms with Crippen LogP contribution in [0.3, 0.4) is 0 Å². The molecule has 0 radical (unpaired) electrons. The summed E-state index contributed by atoms with van der Waals surface area (Å²) in [5.74, 6) is -0.379. The van der Waals surface area contributed by atoms with Gasteiger partial charge in [-0.3, -0.25) is 4.79 Å². The van der Waals surface area contributed by atoms with Gasteiger partial charge in [0.15, 0.2) is 0 Å². The number of primary amides is 1. The van der Waals surface area contributed by atoms with Crippen molar-refractivity contribution in [1.29, 1.82) is 0 Å². The SMILES string of the molecule is NC(=O)[C@@H](NCC1CCC1)c1ccc(Br)cc1F. The van der Waals surface area contributed by atoms with Crippen LogP contribution in [-0.4, -0.2) is 12.5 Å². The molecule has 1 aromatic carbocycles. The molecule has 98 valence electrons. The normalized spacial score (nSPS) is 17.2. The molecular weight excluding hydrogens is 299 g/mol. The molecule has 2 rings (SSSR count). The zero-order valence-corrected chi connectivity index (χ0v) is 11.5. The molecule has 1 atom stereocenters. The van der Waals surface area contributed by atoms with Gasteiger partial charge in [-0.25, -0.2) is 4.39 Å². The Balaban J connectivity index is 2.10. The largest absolute Gasteiger partial charge is 0.368 e. The summed E-state index contributed by atoms with van der Waals surface area (Å²) in [6.07, 6.45) is 3.57. The molecule has 0 aromatic heterocycles. The van der Waals surface area contributed by atoms with Gasteiger partial charge < -0.3 is 11.1 Å². The van der Waals surface area contributed by atoms with E-state index in [9.17, 15) is 9.18 Å². The lowest BCUT2D eigenvalue weighted by atomic mass is 9.85. The quantitative estimate of drug-likeness (QED) is 0.877. The Morgan fingerprint density at radius 2 is 2.28 bits per heavy atom. The molecule has 1 saturated carbocycles. The molecule has 1 aliphatic carbocycles. The minimum atomic E-state index is -0.751. The van der Waals surface area contributed by atoms with Gasteiger partial charge in [-0.15, -0.1) is 0 Å². The highest BCUT2D eigenvalue weighted by atomic mass is 79.9. The first-order valence-corrected chi connectivity index (χ1v) is 6.85. The summed E-state index contributed by atoms with van der Waals surface area (Å²) in [5, 5.41) is 3.07. The zero-order valence-electron chi connectivity index (χ0n) is 9.96. The topological polar surface area (TPSA) is 55.1 Å². The fourth-order valence-electron chi connectivity index (χ4n) is 2.08. The van der Waals surface area contributed by atoms with Crippen LogP contribution in [0.5, 0.6) is 0 Å². The standard InChI is InChI=1S/C13H16BrFN2O/c14-9-4-5-10(11(15)6-9)12(13(16)18)17-7-8-2-1-3-8/h4-6,8,12,17H,1-3,7H2,(H2,16,18)/t12-/m0/s1. The van der Waals surface area contributed by atoms with Crippen LogP contribution in [-0.2, 0) is 4.79 Å². The lowest BCUT2D eigenvalue weighted by Gasteiger charge is -2.27. The maximum absolute atomic E-state index is 13.8. The van der Waals surface area contributed by atoms with Crippen molar-refractivity contribution in [3.05, 3.63) is 34.1 Å². The number of carbonyl (C=O) groups excluding carboxylic acids is 1. The van der Waals surface area contributed by atoms with E-state index >= 15 is 0 Å². The number of hydrogen-bond donors (Lipinski definition) is 2. The second-order valence-corrected chi connectivity index (χ2v) is 5.62. The summed E-state index contributed by atoms with van der Waals surface area (Å²) in [6.45, 7) is 0.711. The molecule has 0 saturated heterocycles. The van der Waals surface area contributed by atoms with Crippen molar-refractivity contribution in [2.45, 2.75) is 25.3 Å². The highest BCUT2D eigenvalue weighted by Gasteiger charge is 2.24. The minimum Gasteiger partial charge on any atom is -0.368 e. The lowest BCUT2D eigenvalue weighted by Crippen LogP contribution is -2.38. The highest BCUT2D eigenvalue weighted by Crippen LogP contribution is 2.27. The van der Waals surface area contributed by atoms with E-state index in [1.54, 1.807) is 12.1 Å². The Labute approximate surface area is 114 Å². The first-order valence-electron chi connectivity index (χ1n) is 6.05. The minimum absolute atomic E-state index is 0.310. The van der Waals surface area contributed by atoms with Crippen LogP contribution in [0, 0.1) is 11.7 Å². The summed E-state index contributed by atoms with van der Waals surface area (Å²) in [7, 11) is 0. The second kappa shape index (κ2) is 5.80. The summed E-state index contributed by atoms with van der Waals surface area (Å²) in [5.41, 5.74) is 5.65. The Hall–Kier alpha value is -0.940. The van der Waals surface area contributed by atoms with Crippen molar-refractivity contribution in [3.63, 3.8) is 0 Å². The molecule has 1 aliphatic rings. The van der Waals surface area contributed by atoms with E-state index in [0.717, 1.165) is 0 Å². The maximum Gasteiger partial charge on any atom is 0.239 e. The average Bonchev–Trinajstić information content (AvgIpc) is 2.23. The number of halogens is 2. The number of carbonyl (C=O) groups is 1. The van der Waals surface area contributed by atoms with Gasteiger partial charge in [0, 0.05) is 10.0 Å². The van der Waals surface area contributed by atoms with Crippen LogP contribution in [0.25, 0.3) is 0 Å². The van der Waals surface area contributed by atoms with Crippen molar-refractivity contribution < 1.29 is 9.18 Å². The van der Waals surface area contributed by atoms with Gasteiger partial charge in [-0.05, 0) is 37.4 Å².